The topological polar surface area (TPSA) is 68.3 Å². The summed E-state index contributed by atoms with van der Waals surface area (Å²) in [5.74, 6) is -0.229. The Kier molecular flexibility index (Phi) is 6.56. The van der Waals surface area contributed by atoms with Gasteiger partial charge in [0.25, 0.3) is 0 Å². The van der Waals surface area contributed by atoms with Gasteiger partial charge in [-0.05, 0) is 100 Å². The van der Waals surface area contributed by atoms with E-state index in [1.807, 2.05) is 45.9 Å². The lowest BCUT2D eigenvalue weighted by Gasteiger charge is -2.59. The Labute approximate surface area is 237 Å². The molecule has 0 fully saturated rings. The molecule has 4 nitrogen and oxygen atoms in total. The van der Waals surface area contributed by atoms with Crippen LogP contribution in [0.5, 0.6) is 0 Å². The fraction of sp³-hybridized carbons (Fsp3) is 0.444. The van der Waals surface area contributed by atoms with Crippen LogP contribution in [0.15, 0.2) is 58.7 Å². The molecule has 0 saturated heterocycles. The summed E-state index contributed by atoms with van der Waals surface area (Å²) < 4.78 is 0. The number of benzene rings is 2. The first kappa shape index (κ1) is 28.1. The number of aryl methyl sites for hydroxylation is 1. The molecule has 40 heavy (non-hydrogen) atoms. The highest BCUT2D eigenvalue weighted by atomic mass is 16.2. The summed E-state index contributed by atoms with van der Waals surface area (Å²) in [6, 6.07) is 12.4. The summed E-state index contributed by atoms with van der Waals surface area (Å²) in [5, 5.41) is 0. The Morgan fingerprint density at radius 1 is 0.925 bits per heavy atom. The maximum Gasteiger partial charge on any atom is 0.190 e. The van der Waals surface area contributed by atoms with E-state index in [0.29, 0.717) is 37.7 Å². The molecule has 4 heteroatoms. The summed E-state index contributed by atoms with van der Waals surface area (Å²) in [5.41, 5.74) is 6.75. The van der Waals surface area contributed by atoms with E-state index in [0.717, 1.165) is 50.1 Å². The molecule has 5 rings (SSSR count). The lowest BCUT2D eigenvalue weighted by Crippen LogP contribution is -2.57. The van der Waals surface area contributed by atoms with Crippen LogP contribution in [0.3, 0.4) is 0 Å². The van der Waals surface area contributed by atoms with Crippen LogP contribution in [0.25, 0.3) is 11.1 Å². The van der Waals surface area contributed by atoms with Gasteiger partial charge in [-0.25, -0.2) is 0 Å². The van der Waals surface area contributed by atoms with E-state index in [4.69, 9.17) is 0 Å². The van der Waals surface area contributed by atoms with Crippen molar-refractivity contribution < 1.29 is 19.2 Å². The van der Waals surface area contributed by atoms with Crippen LogP contribution in [-0.4, -0.2) is 23.1 Å². The van der Waals surface area contributed by atoms with Crippen molar-refractivity contribution in [3.8, 4) is 11.1 Å². The van der Waals surface area contributed by atoms with Gasteiger partial charge in [-0.1, -0.05) is 61.4 Å². The van der Waals surface area contributed by atoms with Crippen LogP contribution in [0.2, 0.25) is 0 Å². The fourth-order valence-corrected chi connectivity index (χ4v) is 8.48. The normalized spacial score (nSPS) is 27.8. The lowest BCUT2D eigenvalue weighted by molar-refractivity contribution is -0.134. The van der Waals surface area contributed by atoms with Gasteiger partial charge >= 0.3 is 0 Å². The van der Waals surface area contributed by atoms with Crippen LogP contribution < -0.4 is 0 Å². The molecule has 0 N–H and O–H groups in total. The molecule has 0 radical (unpaired) electrons. The minimum atomic E-state index is -0.933. The van der Waals surface area contributed by atoms with Crippen molar-refractivity contribution in [2.24, 2.45) is 16.2 Å². The maximum atomic E-state index is 14.8. The number of hydrogen-bond donors (Lipinski definition) is 0. The van der Waals surface area contributed by atoms with Gasteiger partial charge in [-0.2, -0.15) is 0 Å². The SMILES string of the molecule is CC(=O)CCc1cc(-c2ccccc2)c2c(c1C)C(=O)C1=C(C)C3(C)C(=O)C(C(C)=O)=C(C)CC3(C)CC1(C)C2. The Hall–Kier alpha value is -3.40. The smallest absolute Gasteiger partial charge is 0.190 e. The van der Waals surface area contributed by atoms with Crippen LogP contribution in [0.4, 0.5) is 0 Å². The van der Waals surface area contributed by atoms with E-state index in [9.17, 15) is 19.2 Å². The van der Waals surface area contributed by atoms with Crippen LogP contribution >= 0.6 is 0 Å². The van der Waals surface area contributed by atoms with Crippen molar-refractivity contribution in [2.45, 2.75) is 87.5 Å². The Balaban J connectivity index is 1.79. The number of carbonyl (C=O) groups is 4. The monoisotopic (exact) mass is 536 g/mol. The third kappa shape index (κ3) is 3.86. The molecule has 0 heterocycles. The molecule has 0 saturated carbocycles. The highest BCUT2D eigenvalue weighted by molar-refractivity contribution is 6.24. The average Bonchev–Trinajstić information content (AvgIpc) is 2.85. The lowest BCUT2D eigenvalue weighted by atomic mass is 9.42. The molecule has 0 aliphatic heterocycles. The van der Waals surface area contributed by atoms with Gasteiger partial charge in [-0.3, -0.25) is 14.4 Å². The van der Waals surface area contributed by atoms with Crippen molar-refractivity contribution in [3.63, 3.8) is 0 Å². The van der Waals surface area contributed by atoms with Gasteiger partial charge in [0.2, 0.25) is 0 Å². The molecule has 3 atom stereocenters. The summed E-state index contributed by atoms with van der Waals surface area (Å²) >= 11 is 0. The molecule has 0 spiro atoms. The van der Waals surface area contributed by atoms with Gasteiger partial charge in [0.05, 0.1) is 11.0 Å². The zero-order chi connectivity index (χ0) is 29.4. The van der Waals surface area contributed by atoms with Crippen molar-refractivity contribution >= 4 is 23.1 Å². The second kappa shape index (κ2) is 9.33. The quantitative estimate of drug-likeness (QED) is 0.370. The number of hydrogen-bond acceptors (Lipinski definition) is 4. The third-order valence-electron chi connectivity index (χ3n) is 10.5. The first-order valence-electron chi connectivity index (χ1n) is 14.4. The maximum absolute atomic E-state index is 14.8. The second-order valence-electron chi connectivity index (χ2n) is 13.3. The van der Waals surface area contributed by atoms with Crippen molar-refractivity contribution in [3.05, 3.63) is 80.9 Å². The van der Waals surface area contributed by atoms with Crippen LogP contribution in [0.1, 0.15) is 94.8 Å². The number of fused-ring (bicyclic) bond motifs is 3. The molecule has 3 unspecified atom stereocenters. The first-order valence-corrected chi connectivity index (χ1v) is 14.4. The molecule has 0 amide bonds. The van der Waals surface area contributed by atoms with Crippen LogP contribution in [0, 0.1) is 23.2 Å². The van der Waals surface area contributed by atoms with Gasteiger partial charge in [-0.15, -0.1) is 0 Å². The van der Waals surface area contributed by atoms with Gasteiger partial charge in [0, 0.05) is 23.0 Å². The summed E-state index contributed by atoms with van der Waals surface area (Å²) in [4.78, 5) is 53.4. The standard InChI is InChI=1S/C36H40O4/c1-20-17-35(7)19-34(6)18-28-27(25-12-10-9-11-13-25)16-26(15-14-21(2)37)22(3)30(28)32(39)31(34)23(4)36(35,8)33(40)29(20)24(5)38/h9-13,16H,14-15,17-19H2,1-8H3. The Morgan fingerprint density at radius 2 is 1.57 bits per heavy atom. The molecule has 2 aromatic rings. The first-order chi connectivity index (χ1) is 18.7. The van der Waals surface area contributed by atoms with E-state index in [1.54, 1.807) is 6.92 Å². The zero-order valence-corrected chi connectivity index (χ0v) is 25.1. The summed E-state index contributed by atoms with van der Waals surface area (Å²) in [7, 11) is 0. The van der Waals surface area contributed by atoms with Crippen LogP contribution in [-0.2, 0) is 27.2 Å². The van der Waals surface area contributed by atoms with Crippen molar-refractivity contribution in [1.82, 2.24) is 0 Å². The molecule has 0 aromatic heterocycles. The predicted molar refractivity (Wildman–Crippen MR) is 158 cm³/mol. The number of carbonyl (C=O) groups excluding carboxylic acids is 4. The van der Waals surface area contributed by atoms with E-state index in [1.165, 1.54) is 6.92 Å². The van der Waals surface area contributed by atoms with Gasteiger partial charge < -0.3 is 4.79 Å². The molecule has 2 aromatic carbocycles. The number of rotatable bonds is 5. The van der Waals surface area contributed by atoms with E-state index in [-0.39, 0.29) is 23.1 Å². The Bertz CT molecular complexity index is 1570. The van der Waals surface area contributed by atoms with Crippen molar-refractivity contribution in [2.75, 3.05) is 0 Å². The largest absolute Gasteiger partial charge is 0.300 e. The average molecular weight is 537 g/mol. The predicted octanol–water partition coefficient (Wildman–Crippen LogP) is 7.54. The molecular weight excluding hydrogens is 496 g/mol. The Morgan fingerprint density at radius 3 is 2.17 bits per heavy atom. The third-order valence-corrected chi connectivity index (χ3v) is 10.5. The molecular formula is C36H40O4. The molecule has 3 aliphatic rings. The number of Topliss-reactive ketones (excluding diaryl/α,β-unsaturated/α-hetero) is 4. The summed E-state index contributed by atoms with van der Waals surface area (Å²) in [6.07, 6.45) is 3.03. The number of ketones is 4. The highest BCUT2D eigenvalue weighted by Gasteiger charge is 2.63. The van der Waals surface area contributed by atoms with Gasteiger partial charge in [0.1, 0.15) is 5.78 Å². The highest BCUT2D eigenvalue weighted by Crippen LogP contribution is 2.66. The zero-order valence-electron chi connectivity index (χ0n) is 25.1. The second-order valence-corrected chi connectivity index (χ2v) is 13.3. The molecule has 208 valence electrons. The minimum absolute atomic E-state index is 0.00710. The number of allylic oxidation sites excluding steroid dienone is 4. The summed E-state index contributed by atoms with van der Waals surface area (Å²) in [6.45, 7) is 15.3. The minimum Gasteiger partial charge on any atom is -0.300 e. The van der Waals surface area contributed by atoms with Gasteiger partial charge in [0.15, 0.2) is 17.3 Å². The van der Waals surface area contributed by atoms with E-state index >= 15 is 0 Å². The van der Waals surface area contributed by atoms with E-state index in [2.05, 4.69) is 32.0 Å². The fourth-order valence-electron chi connectivity index (χ4n) is 8.48. The van der Waals surface area contributed by atoms with Crippen molar-refractivity contribution in [1.29, 1.82) is 0 Å². The molecule has 3 aliphatic carbocycles. The molecule has 0 bridgehead atoms. The van der Waals surface area contributed by atoms with E-state index < -0.39 is 16.2 Å².